The Morgan fingerprint density at radius 2 is 2.39 bits per heavy atom. The summed E-state index contributed by atoms with van der Waals surface area (Å²) in [6, 6.07) is 3.78. The van der Waals surface area contributed by atoms with Gasteiger partial charge in [-0.2, -0.15) is 0 Å². The third-order valence-electron chi connectivity index (χ3n) is 3.59. The number of hydrogen-bond acceptors (Lipinski definition) is 3. The zero-order valence-electron chi connectivity index (χ0n) is 11.1. The summed E-state index contributed by atoms with van der Waals surface area (Å²) in [5.74, 6) is -0.0187. The fraction of sp³-hybridized carbons (Fsp3) is 0.571. The quantitative estimate of drug-likeness (QED) is 0.856. The Morgan fingerprint density at radius 1 is 1.61 bits per heavy atom. The topological polar surface area (TPSA) is 68.0 Å². The van der Waals surface area contributed by atoms with Crippen LogP contribution in [0, 0.1) is 5.41 Å². The van der Waals surface area contributed by atoms with E-state index in [0.29, 0.717) is 23.6 Å². The van der Waals surface area contributed by atoms with Crippen LogP contribution in [0.2, 0.25) is 0 Å². The van der Waals surface area contributed by atoms with E-state index in [0.717, 1.165) is 18.5 Å². The minimum atomic E-state index is -0.0187. The van der Waals surface area contributed by atoms with Crippen molar-refractivity contribution in [3.63, 3.8) is 0 Å². The van der Waals surface area contributed by atoms with Crippen LogP contribution >= 0.6 is 0 Å². The number of nitrogens with one attached hydrogen (secondary N) is 1. The fourth-order valence-electron chi connectivity index (χ4n) is 2.56. The van der Waals surface area contributed by atoms with E-state index < -0.39 is 0 Å². The average molecular weight is 247 g/mol. The summed E-state index contributed by atoms with van der Waals surface area (Å²) in [6.45, 7) is 4.85. The van der Waals surface area contributed by atoms with E-state index in [9.17, 15) is 4.79 Å². The monoisotopic (exact) mass is 247 g/mol. The molecule has 0 aromatic carbocycles. The molecular weight excluding hydrogens is 226 g/mol. The maximum Gasteiger partial charge on any atom is 0.251 e. The summed E-state index contributed by atoms with van der Waals surface area (Å²) in [5, 5.41) is 3.09. The first-order valence-corrected chi connectivity index (χ1v) is 6.46. The Bertz CT molecular complexity index is 442. The van der Waals surface area contributed by atoms with Crippen molar-refractivity contribution in [2.75, 3.05) is 0 Å². The SMILES string of the molecule is CC1(C)CCC(NC(=O)c2ccnc(CN)c2)C1. The lowest BCUT2D eigenvalue weighted by Gasteiger charge is -2.17. The van der Waals surface area contributed by atoms with E-state index in [1.807, 2.05) is 0 Å². The zero-order chi connectivity index (χ0) is 13.2. The molecular formula is C14H21N3O. The predicted molar refractivity (Wildman–Crippen MR) is 71.0 cm³/mol. The van der Waals surface area contributed by atoms with Crippen LogP contribution in [0.5, 0.6) is 0 Å². The first-order chi connectivity index (χ1) is 8.50. The predicted octanol–water partition coefficient (Wildman–Crippen LogP) is 1.85. The highest BCUT2D eigenvalue weighted by atomic mass is 16.1. The smallest absolute Gasteiger partial charge is 0.251 e. The second-order valence-corrected chi connectivity index (χ2v) is 5.82. The average Bonchev–Trinajstić information content (AvgIpc) is 2.68. The molecule has 4 nitrogen and oxygen atoms in total. The van der Waals surface area contributed by atoms with Gasteiger partial charge < -0.3 is 11.1 Å². The molecule has 2 rings (SSSR count). The van der Waals surface area contributed by atoms with Crippen LogP contribution < -0.4 is 11.1 Å². The van der Waals surface area contributed by atoms with Crippen molar-refractivity contribution < 1.29 is 4.79 Å². The number of hydrogen-bond donors (Lipinski definition) is 2. The Morgan fingerprint density at radius 3 is 3.00 bits per heavy atom. The van der Waals surface area contributed by atoms with Crippen molar-refractivity contribution in [1.29, 1.82) is 0 Å². The molecule has 1 saturated carbocycles. The maximum atomic E-state index is 12.1. The van der Waals surface area contributed by atoms with Gasteiger partial charge in [0.05, 0.1) is 5.69 Å². The highest BCUT2D eigenvalue weighted by Crippen LogP contribution is 2.36. The molecule has 1 unspecified atom stereocenters. The molecule has 0 spiro atoms. The fourth-order valence-corrected chi connectivity index (χ4v) is 2.56. The van der Waals surface area contributed by atoms with Crippen LogP contribution in [0.3, 0.4) is 0 Å². The minimum absolute atomic E-state index is 0.0187. The van der Waals surface area contributed by atoms with Gasteiger partial charge >= 0.3 is 0 Å². The van der Waals surface area contributed by atoms with Crippen LogP contribution in [-0.2, 0) is 6.54 Å². The normalized spacial score (nSPS) is 21.8. The summed E-state index contributed by atoms with van der Waals surface area (Å²) in [6.07, 6.45) is 4.92. The van der Waals surface area contributed by atoms with Crippen LogP contribution in [0.1, 0.15) is 49.2 Å². The molecule has 0 saturated heterocycles. The van der Waals surface area contributed by atoms with Crippen molar-refractivity contribution in [2.24, 2.45) is 11.1 Å². The first-order valence-electron chi connectivity index (χ1n) is 6.46. The molecule has 1 heterocycles. The Kier molecular flexibility index (Phi) is 3.66. The lowest BCUT2D eigenvalue weighted by atomic mass is 9.92. The Balaban J connectivity index is 1.99. The second-order valence-electron chi connectivity index (χ2n) is 5.82. The highest BCUT2D eigenvalue weighted by molar-refractivity contribution is 5.94. The molecule has 1 aromatic heterocycles. The van der Waals surface area contributed by atoms with Crippen molar-refractivity contribution >= 4 is 5.91 Å². The Hall–Kier alpha value is -1.42. The van der Waals surface area contributed by atoms with Crippen molar-refractivity contribution in [3.8, 4) is 0 Å². The van der Waals surface area contributed by atoms with Gasteiger partial charge in [0.25, 0.3) is 5.91 Å². The van der Waals surface area contributed by atoms with Crippen LogP contribution in [0.15, 0.2) is 18.3 Å². The van der Waals surface area contributed by atoms with Gasteiger partial charge in [0, 0.05) is 24.3 Å². The number of pyridine rings is 1. The molecule has 3 N–H and O–H groups in total. The number of aromatic nitrogens is 1. The zero-order valence-corrected chi connectivity index (χ0v) is 11.1. The van der Waals surface area contributed by atoms with Gasteiger partial charge in [-0.15, -0.1) is 0 Å². The molecule has 1 aliphatic rings. The summed E-state index contributed by atoms with van der Waals surface area (Å²) in [5.41, 5.74) is 7.26. The standard InChI is InChI=1S/C14H21N3O/c1-14(2)5-3-11(8-14)17-13(18)10-4-6-16-12(7-10)9-15/h4,6-7,11H,3,5,8-9,15H2,1-2H3,(H,17,18). The Labute approximate surface area is 108 Å². The molecule has 0 radical (unpaired) electrons. The molecule has 0 aliphatic heterocycles. The van der Waals surface area contributed by atoms with Crippen LogP contribution in [0.4, 0.5) is 0 Å². The number of amides is 1. The molecule has 1 atom stereocenters. The van der Waals surface area contributed by atoms with E-state index in [1.54, 1.807) is 18.3 Å². The molecule has 1 aliphatic carbocycles. The molecule has 0 bridgehead atoms. The lowest BCUT2D eigenvalue weighted by Crippen LogP contribution is -2.33. The molecule has 4 heteroatoms. The van der Waals surface area contributed by atoms with Gasteiger partial charge in [0.15, 0.2) is 0 Å². The van der Waals surface area contributed by atoms with Crippen molar-refractivity contribution in [3.05, 3.63) is 29.6 Å². The maximum absolute atomic E-state index is 12.1. The summed E-state index contributed by atoms with van der Waals surface area (Å²) < 4.78 is 0. The number of rotatable bonds is 3. The third kappa shape index (κ3) is 3.07. The number of nitrogens with zero attached hydrogens (tertiary/aromatic N) is 1. The third-order valence-corrected chi connectivity index (χ3v) is 3.59. The number of carbonyl (C=O) groups excluding carboxylic acids is 1. The molecule has 98 valence electrons. The molecule has 1 fully saturated rings. The van der Waals surface area contributed by atoms with Crippen molar-refractivity contribution in [2.45, 2.75) is 45.7 Å². The largest absolute Gasteiger partial charge is 0.349 e. The number of carbonyl (C=O) groups is 1. The van der Waals surface area contributed by atoms with Gasteiger partial charge in [0.2, 0.25) is 0 Å². The van der Waals surface area contributed by atoms with E-state index in [1.165, 1.54) is 6.42 Å². The number of nitrogens with two attached hydrogens (primary N) is 1. The van der Waals surface area contributed by atoms with E-state index >= 15 is 0 Å². The van der Waals surface area contributed by atoms with Gasteiger partial charge in [0.1, 0.15) is 0 Å². The summed E-state index contributed by atoms with van der Waals surface area (Å²) in [4.78, 5) is 16.2. The first kappa shape index (κ1) is 13.0. The van der Waals surface area contributed by atoms with E-state index in [-0.39, 0.29) is 5.91 Å². The van der Waals surface area contributed by atoms with E-state index in [2.05, 4.69) is 24.1 Å². The second kappa shape index (κ2) is 5.06. The highest BCUT2D eigenvalue weighted by Gasteiger charge is 2.31. The van der Waals surface area contributed by atoms with Gasteiger partial charge in [-0.3, -0.25) is 9.78 Å². The van der Waals surface area contributed by atoms with Crippen LogP contribution in [0.25, 0.3) is 0 Å². The lowest BCUT2D eigenvalue weighted by molar-refractivity contribution is 0.0936. The van der Waals surface area contributed by atoms with Gasteiger partial charge in [-0.1, -0.05) is 13.8 Å². The van der Waals surface area contributed by atoms with Crippen molar-refractivity contribution in [1.82, 2.24) is 10.3 Å². The van der Waals surface area contributed by atoms with E-state index in [4.69, 9.17) is 5.73 Å². The molecule has 1 amide bonds. The summed E-state index contributed by atoms with van der Waals surface area (Å²) >= 11 is 0. The molecule has 1 aromatic rings. The van der Waals surface area contributed by atoms with Gasteiger partial charge in [-0.25, -0.2) is 0 Å². The van der Waals surface area contributed by atoms with Gasteiger partial charge in [-0.05, 0) is 36.8 Å². The van der Waals surface area contributed by atoms with Crippen LogP contribution in [-0.4, -0.2) is 16.9 Å². The molecule has 18 heavy (non-hydrogen) atoms. The minimum Gasteiger partial charge on any atom is -0.349 e. The summed E-state index contributed by atoms with van der Waals surface area (Å²) in [7, 11) is 0.